The van der Waals surface area contributed by atoms with Crippen LogP contribution in [0.3, 0.4) is 0 Å². The summed E-state index contributed by atoms with van der Waals surface area (Å²) in [6.07, 6.45) is 0.611. The van der Waals surface area contributed by atoms with Gasteiger partial charge in [0.15, 0.2) is 5.78 Å². The van der Waals surface area contributed by atoms with E-state index in [4.69, 9.17) is 0 Å². The summed E-state index contributed by atoms with van der Waals surface area (Å²) >= 11 is 0. The summed E-state index contributed by atoms with van der Waals surface area (Å²) in [5.74, 6) is -0.870. The molecule has 0 saturated carbocycles. The van der Waals surface area contributed by atoms with Crippen molar-refractivity contribution in [1.29, 1.82) is 0 Å². The lowest BCUT2D eigenvalue weighted by Gasteiger charge is -2.14. The van der Waals surface area contributed by atoms with Gasteiger partial charge in [-0.3, -0.25) is 9.59 Å². The summed E-state index contributed by atoms with van der Waals surface area (Å²) < 4.78 is 0. The standard InChI is InChI=1S/C17H24O3/c1-11(2)9-15(17(19)20)10-16(18)14-7-5-13(6-8-14)12(3)4/h5-8,11-12,15H,9-10H2,1-4H3,(H,19,20). The molecule has 1 rings (SSSR count). The normalized spacial score (nSPS) is 12.7. The number of hydrogen-bond donors (Lipinski definition) is 1. The van der Waals surface area contributed by atoms with E-state index in [1.165, 1.54) is 5.56 Å². The van der Waals surface area contributed by atoms with Gasteiger partial charge in [0.1, 0.15) is 0 Å². The number of ketones is 1. The lowest BCUT2D eigenvalue weighted by Crippen LogP contribution is -2.20. The maximum absolute atomic E-state index is 12.2. The van der Waals surface area contributed by atoms with Crippen molar-refractivity contribution < 1.29 is 14.7 Å². The minimum absolute atomic E-state index is 0.0779. The molecule has 0 aromatic heterocycles. The Morgan fingerprint density at radius 1 is 1.05 bits per heavy atom. The van der Waals surface area contributed by atoms with Gasteiger partial charge in [0.2, 0.25) is 0 Å². The summed E-state index contributed by atoms with van der Waals surface area (Å²) in [6, 6.07) is 7.48. The van der Waals surface area contributed by atoms with E-state index >= 15 is 0 Å². The molecular weight excluding hydrogens is 252 g/mol. The highest BCUT2D eigenvalue weighted by Crippen LogP contribution is 2.20. The number of benzene rings is 1. The molecule has 3 heteroatoms. The van der Waals surface area contributed by atoms with Crippen LogP contribution in [0.2, 0.25) is 0 Å². The van der Waals surface area contributed by atoms with Crippen molar-refractivity contribution in [2.24, 2.45) is 11.8 Å². The Morgan fingerprint density at radius 3 is 2.00 bits per heavy atom. The second kappa shape index (κ2) is 7.22. The Balaban J connectivity index is 2.76. The van der Waals surface area contributed by atoms with Gasteiger partial charge in [-0.25, -0.2) is 0 Å². The van der Waals surface area contributed by atoms with Crippen molar-refractivity contribution in [2.45, 2.75) is 46.5 Å². The second-order valence-electron chi connectivity index (χ2n) is 6.07. The van der Waals surface area contributed by atoms with Gasteiger partial charge in [0.05, 0.1) is 5.92 Å². The molecule has 0 amide bonds. The topological polar surface area (TPSA) is 54.4 Å². The largest absolute Gasteiger partial charge is 0.481 e. The van der Waals surface area contributed by atoms with Crippen molar-refractivity contribution >= 4 is 11.8 Å². The first-order chi connectivity index (χ1) is 9.31. The monoisotopic (exact) mass is 276 g/mol. The number of carboxylic acid groups (broad SMARTS) is 1. The van der Waals surface area contributed by atoms with Crippen molar-refractivity contribution in [2.75, 3.05) is 0 Å². The van der Waals surface area contributed by atoms with Gasteiger partial charge in [0.25, 0.3) is 0 Å². The molecule has 0 aliphatic rings. The fourth-order valence-corrected chi connectivity index (χ4v) is 2.24. The maximum atomic E-state index is 12.2. The number of carboxylic acids is 1. The molecule has 1 N–H and O–H groups in total. The minimum Gasteiger partial charge on any atom is -0.481 e. The third-order valence-electron chi connectivity index (χ3n) is 3.44. The zero-order valence-corrected chi connectivity index (χ0v) is 12.7. The summed E-state index contributed by atoms with van der Waals surface area (Å²) in [6.45, 7) is 8.13. The smallest absolute Gasteiger partial charge is 0.306 e. The molecule has 0 aliphatic carbocycles. The van der Waals surface area contributed by atoms with Crippen LogP contribution in [0.5, 0.6) is 0 Å². The van der Waals surface area contributed by atoms with E-state index in [-0.39, 0.29) is 18.1 Å². The molecule has 0 radical (unpaired) electrons. The van der Waals surface area contributed by atoms with Crippen LogP contribution in [0, 0.1) is 11.8 Å². The van der Waals surface area contributed by atoms with Gasteiger partial charge < -0.3 is 5.11 Å². The van der Waals surface area contributed by atoms with Crippen molar-refractivity contribution in [3.05, 3.63) is 35.4 Å². The molecule has 1 unspecified atom stereocenters. The Bertz CT molecular complexity index is 458. The first-order valence-corrected chi connectivity index (χ1v) is 7.17. The highest BCUT2D eigenvalue weighted by atomic mass is 16.4. The maximum Gasteiger partial charge on any atom is 0.306 e. The fourth-order valence-electron chi connectivity index (χ4n) is 2.24. The number of Topliss-reactive ketones (excluding diaryl/α,β-unsaturated/α-hetero) is 1. The van der Waals surface area contributed by atoms with Crippen LogP contribution in [0.15, 0.2) is 24.3 Å². The highest BCUT2D eigenvalue weighted by Gasteiger charge is 2.22. The molecule has 0 saturated heterocycles. The van der Waals surface area contributed by atoms with Gasteiger partial charge in [-0.2, -0.15) is 0 Å². The SMILES string of the molecule is CC(C)CC(CC(=O)c1ccc(C(C)C)cc1)C(=O)O. The number of carbonyl (C=O) groups excluding carboxylic acids is 1. The van der Waals surface area contributed by atoms with Gasteiger partial charge in [-0.05, 0) is 23.8 Å². The van der Waals surface area contributed by atoms with Crippen LogP contribution >= 0.6 is 0 Å². The van der Waals surface area contributed by atoms with Gasteiger partial charge in [0, 0.05) is 12.0 Å². The number of carbonyl (C=O) groups is 2. The van der Waals surface area contributed by atoms with Crippen LogP contribution in [-0.2, 0) is 4.79 Å². The molecule has 0 fully saturated rings. The average molecular weight is 276 g/mol. The number of hydrogen-bond acceptors (Lipinski definition) is 2. The molecule has 0 spiro atoms. The van der Waals surface area contributed by atoms with Gasteiger partial charge in [-0.15, -0.1) is 0 Å². The Kier molecular flexibility index (Phi) is 5.93. The molecule has 0 aliphatic heterocycles. The summed E-state index contributed by atoms with van der Waals surface area (Å²) in [4.78, 5) is 23.4. The van der Waals surface area contributed by atoms with Gasteiger partial charge in [-0.1, -0.05) is 52.0 Å². The zero-order chi connectivity index (χ0) is 15.3. The Morgan fingerprint density at radius 2 is 1.60 bits per heavy atom. The average Bonchev–Trinajstić information content (AvgIpc) is 2.37. The van der Waals surface area contributed by atoms with E-state index in [0.29, 0.717) is 17.9 Å². The lowest BCUT2D eigenvalue weighted by atomic mass is 9.90. The van der Waals surface area contributed by atoms with Crippen molar-refractivity contribution in [3.63, 3.8) is 0 Å². The van der Waals surface area contributed by atoms with E-state index in [9.17, 15) is 14.7 Å². The van der Waals surface area contributed by atoms with E-state index < -0.39 is 11.9 Å². The lowest BCUT2D eigenvalue weighted by molar-refractivity contribution is -0.142. The molecule has 3 nitrogen and oxygen atoms in total. The predicted octanol–water partition coefficient (Wildman–Crippen LogP) is 4.13. The number of aliphatic carboxylic acids is 1. The van der Waals surface area contributed by atoms with Crippen LogP contribution in [0.25, 0.3) is 0 Å². The van der Waals surface area contributed by atoms with E-state index in [1.54, 1.807) is 12.1 Å². The van der Waals surface area contributed by atoms with Crippen LogP contribution < -0.4 is 0 Å². The molecule has 1 aromatic rings. The molecule has 110 valence electrons. The van der Waals surface area contributed by atoms with Crippen molar-refractivity contribution in [3.8, 4) is 0 Å². The third-order valence-corrected chi connectivity index (χ3v) is 3.44. The van der Waals surface area contributed by atoms with Crippen molar-refractivity contribution in [1.82, 2.24) is 0 Å². The fraction of sp³-hybridized carbons (Fsp3) is 0.529. The van der Waals surface area contributed by atoms with Crippen LogP contribution in [0.4, 0.5) is 0 Å². The minimum atomic E-state index is -0.883. The Labute approximate surface area is 121 Å². The zero-order valence-electron chi connectivity index (χ0n) is 12.7. The highest BCUT2D eigenvalue weighted by molar-refractivity contribution is 5.98. The first kappa shape index (κ1) is 16.4. The molecule has 1 atom stereocenters. The molecular formula is C17H24O3. The molecule has 20 heavy (non-hydrogen) atoms. The summed E-state index contributed by atoms with van der Waals surface area (Å²) in [5, 5.41) is 9.18. The summed E-state index contributed by atoms with van der Waals surface area (Å²) in [7, 11) is 0. The van der Waals surface area contributed by atoms with Crippen LogP contribution in [0.1, 0.15) is 62.4 Å². The van der Waals surface area contributed by atoms with E-state index in [2.05, 4.69) is 13.8 Å². The van der Waals surface area contributed by atoms with Gasteiger partial charge >= 0.3 is 5.97 Å². The number of rotatable bonds is 7. The predicted molar refractivity (Wildman–Crippen MR) is 80.1 cm³/mol. The molecule has 0 bridgehead atoms. The quantitative estimate of drug-likeness (QED) is 0.762. The summed E-state index contributed by atoms with van der Waals surface area (Å²) in [5.41, 5.74) is 1.78. The van der Waals surface area contributed by atoms with Crippen LogP contribution in [-0.4, -0.2) is 16.9 Å². The Hall–Kier alpha value is -1.64. The molecule has 0 heterocycles. The third kappa shape index (κ3) is 4.80. The molecule has 1 aromatic carbocycles. The first-order valence-electron chi connectivity index (χ1n) is 7.17. The second-order valence-corrected chi connectivity index (χ2v) is 6.07. The van der Waals surface area contributed by atoms with E-state index in [0.717, 1.165) is 0 Å². The van der Waals surface area contributed by atoms with E-state index in [1.807, 2.05) is 26.0 Å².